The second-order valence-corrected chi connectivity index (χ2v) is 13.5. The second kappa shape index (κ2) is 10.5. The Bertz CT molecular complexity index is 2650. The molecule has 1 aliphatic carbocycles. The van der Waals surface area contributed by atoms with Crippen molar-refractivity contribution in [2.45, 2.75) is 5.41 Å². The number of thiophene rings is 1. The van der Waals surface area contributed by atoms with E-state index in [1.165, 1.54) is 53.2 Å². The molecule has 0 saturated carbocycles. The second-order valence-electron chi connectivity index (χ2n) is 12.4. The summed E-state index contributed by atoms with van der Waals surface area (Å²) in [6.45, 7) is 0. The summed E-state index contributed by atoms with van der Waals surface area (Å²) in [7, 11) is 0. The Labute approximate surface area is 281 Å². The van der Waals surface area contributed by atoms with E-state index in [4.69, 9.17) is 15.0 Å². The molecule has 0 atom stereocenters. The Morgan fingerprint density at radius 2 is 1.04 bits per heavy atom. The molecule has 0 unspecified atom stereocenters. The van der Waals surface area contributed by atoms with Gasteiger partial charge in [0.15, 0.2) is 17.5 Å². The first-order valence-corrected chi connectivity index (χ1v) is 17.0. The van der Waals surface area contributed by atoms with Crippen molar-refractivity contribution < 1.29 is 0 Å². The summed E-state index contributed by atoms with van der Waals surface area (Å²) in [6, 6.07) is 58.3. The van der Waals surface area contributed by atoms with Gasteiger partial charge in [-0.05, 0) is 56.8 Å². The summed E-state index contributed by atoms with van der Waals surface area (Å²) in [5.41, 5.74) is 7.07. The first kappa shape index (κ1) is 27.2. The SMILES string of the molecule is c1ccc(-c2nc(-c3ccc4c(c3)sc3ccccc34)nc(C3(c4ccc5ccccc5c4)c4ccccc4-c4ccccc43)n2)cc1. The Kier molecular flexibility index (Phi) is 5.96. The lowest BCUT2D eigenvalue weighted by molar-refractivity contribution is 0.693. The first-order valence-electron chi connectivity index (χ1n) is 16.2. The van der Waals surface area contributed by atoms with Crippen molar-refractivity contribution >= 4 is 42.3 Å². The highest BCUT2D eigenvalue weighted by Crippen LogP contribution is 2.55. The van der Waals surface area contributed by atoms with Gasteiger partial charge in [0.25, 0.3) is 0 Å². The lowest BCUT2D eigenvalue weighted by atomic mass is 9.71. The van der Waals surface area contributed by atoms with Gasteiger partial charge in [0, 0.05) is 31.3 Å². The van der Waals surface area contributed by atoms with E-state index in [1.807, 2.05) is 29.5 Å². The van der Waals surface area contributed by atoms with E-state index < -0.39 is 5.41 Å². The zero-order chi connectivity index (χ0) is 31.7. The molecule has 0 saturated heterocycles. The van der Waals surface area contributed by atoms with Crippen LogP contribution in [0, 0.1) is 0 Å². The summed E-state index contributed by atoms with van der Waals surface area (Å²) in [5, 5.41) is 4.92. The lowest BCUT2D eigenvalue weighted by Gasteiger charge is -2.32. The van der Waals surface area contributed by atoms with Crippen molar-refractivity contribution in [3.05, 3.63) is 186 Å². The summed E-state index contributed by atoms with van der Waals surface area (Å²) in [6.07, 6.45) is 0. The van der Waals surface area contributed by atoms with Gasteiger partial charge in [-0.3, -0.25) is 0 Å². The molecule has 10 rings (SSSR count). The topological polar surface area (TPSA) is 38.7 Å². The zero-order valence-electron chi connectivity index (χ0n) is 25.8. The average Bonchev–Trinajstić information content (AvgIpc) is 3.68. The fourth-order valence-corrected chi connectivity index (χ4v) is 8.74. The van der Waals surface area contributed by atoms with Gasteiger partial charge in [0.2, 0.25) is 0 Å². The molecule has 0 spiro atoms. The number of rotatable bonds is 4. The molecule has 1 aliphatic rings. The predicted octanol–water partition coefficient (Wildman–Crippen LogP) is 11.1. The van der Waals surface area contributed by atoms with Gasteiger partial charge >= 0.3 is 0 Å². The number of fused-ring (bicyclic) bond motifs is 7. The molecular weight excluding hydrogens is 603 g/mol. The Morgan fingerprint density at radius 3 is 1.83 bits per heavy atom. The fraction of sp³-hybridized carbons (Fsp3) is 0.0227. The average molecular weight is 630 g/mol. The highest BCUT2D eigenvalue weighted by atomic mass is 32.1. The summed E-state index contributed by atoms with van der Waals surface area (Å²) >= 11 is 1.81. The van der Waals surface area contributed by atoms with Crippen molar-refractivity contribution in [1.29, 1.82) is 0 Å². The van der Waals surface area contributed by atoms with Crippen LogP contribution in [-0.2, 0) is 5.41 Å². The number of benzene rings is 7. The number of hydrogen-bond acceptors (Lipinski definition) is 4. The van der Waals surface area contributed by atoms with Crippen molar-refractivity contribution in [2.75, 3.05) is 0 Å². The van der Waals surface area contributed by atoms with E-state index in [2.05, 4.69) is 146 Å². The van der Waals surface area contributed by atoms with Gasteiger partial charge in [-0.2, -0.15) is 0 Å². The van der Waals surface area contributed by atoms with E-state index in [-0.39, 0.29) is 0 Å². The van der Waals surface area contributed by atoms with Gasteiger partial charge in [-0.1, -0.05) is 146 Å². The maximum atomic E-state index is 5.48. The molecule has 7 aromatic carbocycles. The fourth-order valence-electron chi connectivity index (χ4n) is 7.59. The third-order valence-electron chi connectivity index (χ3n) is 9.77. The molecule has 2 aromatic heterocycles. The van der Waals surface area contributed by atoms with Crippen molar-refractivity contribution in [3.63, 3.8) is 0 Å². The number of nitrogens with zero attached hydrogens (tertiary/aromatic N) is 3. The molecule has 0 N–H and O–H groups in total. The molecule has 0 radical (unpaired) electrons. The minimum Gasteiger partial charge on any atom is -0.211 e. The number of aromatic nitrogens is 3. The van der Waals surface area contributed by atoms with E-state index in [9.17, 15) is 0 Å². The predicted molar refractivity (Wildman–Crippen MR) is 198 cm³/mol. The van der Waals surface area contributed by atoms with Crippen LogP contribution in [0.5, 0.6) is 0 Å². The largest absolute Gasteiger partial charge is 0.211 e. The molecule has 0 aliphatic heterocycles. The van der Waals surface area contributed by atoms with E-state index >= 15 is 0 Å². The summed E-state index contributed by atoms with van der Waals surface area (Å²) in [5.74, 6) is 2.05. The number of hydrogen-bond donors (Lipinski definition) is 0. The molecule has 48 heavy (non-hydrogen) atoms. The highest BCUT2D eigenvalue weighted by molar-refractivity contribution is 7.25. The smallest absolute Gasteiger partial charge is 0.163 e. The third-order valence-corrected chi connectivity index (χ3v) is 10.9. The third kappa shape index (κ3) is 3.96. The minimum absolute atomic E-state index is 0.661. The highest BCUT2D eigenvalue weighted by Gasteiger charge is 2.49. The van der Waals surface area contributed by atoms with Crippen LogP contribution in [0.4, 0.5) is 0 Å². The molecule has 4 heteroatoms. The van der Waals surface area contributed by atoms with Crippen molar-refractivity contribution in [2.24, 2.45) is 0 Å². The van der Waals surface area contributed by atoms with Gasteiger partial charge in [0.05, 0.1) is 0 Å². The van der Waals surface area contributed by atoms with Crippen LogP contribution >= 0.6 is 11.3 Å². The molecule has 224 valence electrons. The molecule has 3 nitrogen and oxygen atoms in total. The van der Waals surface area contributed by atoms with Crippen LogP contribution in [0.1, 0.15) is 22.5 Å². The van der Waals surface area contributed by atoms with Crippen LogP contribution in [0.15, 0.2) is 164 Å². The molecule has 2 heterocycles. The molecule has 0 amide bonds. The minimum atomic E-state index is -0.764. The lowest BCUT2D eigenvalue weighted by Crippen LogP contribution is -2.31. The normalized spacial score (nSPS) is 13.2. The Hall–Kier alpha value is -5.97. The van der Waals surface area contributed by atoms with Crippen molar-refractivity contribution in [3.8, 4) is 33.9 Å². The van der Waals surface area contributed by atoms with Crippen LogP contribution in [0.3, 0.4) is 0 Å². The summed E-state index contributed by atoms with van der Waals surface area (Å²) in [4.78, 5) is 16.1. The van der Waals surface area contributed by atoms with Gasteiger partial charge in [-0.15, -0.1) is 11.3 Å². The van der Waals surface area contributed by atoms with Crippen LogP contribution in [0.25, 0.3) is 64.8 Å². The van der Waals surface area contributed by atoms with E-state index in [1.54, 1.807) is 0 Å². The maximum absolute atomic E-state index is 5.48. The van der Waals surface area contributed by atoms with Gasteiger partial charge in [0.1, 0.15) is 5.41 Å². The molecule has 0 fully saturated rings. The van der Waals surface area contributed by atoms with Gasteiger partial charge in [-0.25, -0.2) is 15.0 Å². The quantitative estimate of drug-likeness (QED) is 0.194. The van der Waals surface area contributed by atoms with Crippen LogP contribution < -0.4 is 0 Å². The Morgan fingerprint density at radius 1 is 0.417 bits per heavy atom. The van der Waals surface area contributed by atoms with E-state index in [0.29, 0.717) is 11.6 Å². The van der Waals surface area contributed by atoms with E-state index in [0.717, 1.165) is 22.5 Å². The van der Waals surface area contributed by atoms with Crippen molar-refractivity contribution in [1.82, 2.24) is 15.0 Å². The molecule has 9 aromatic rings. The van der Waals surface area contributed by atoms with Gasteiger partial charge < -0.3 is 0 Å². The zero-order valence-corrected chi connectivity index (χ0v) is 26.7. The molecular formula is C44H27N3S. The summed E-state index contributed by atoms with van der Waals surface area (Å²) < 4.78 is 2.50. The first-order chi connectivity index (χ1) is 23.8. The standard InChI is InChI=1S/C44H27N3S/c1-2-13-29(14-3-1)41-45-42(31-23-25-36-35-18-8-11-21-39(35)48-40(36)27-31)47-43(46-41)44(32-24-22-28-12-4-5-15-30(28)26-32)37-19-9-6-16-33(37)34-17-7-10-20-38(34)44/h1-27H. The Balaban J connectivity index is 1.31. The van der Waals surface area contributed by atoms with Crippen LogP contribution in [-0.4, -0.2) is 15.0 Å². The molecule has 0 bridgehead atoms. The maximum Gasteiger partial charge on any atom is 0.163 e. The monoisotopic (exact) mass is 629 g/mol. The van der Waals surface area contributed by atoms with Crippen LogP contribution in [0.2, 0.25) is 0 Å².